The van der Waals surface area contributed by atoms with E-state index >= 15 is 0 Å². The molecule has 2 aliphatic rings. The zero-order valence-electron chi connectivity index (χ0n) is 12.9. The van der Waals surface area contributed by atoms with Gasteiger partial charge in [-0.2, -0.15) is 0 Å². The Labute approximate surface area is 130 Å². The van der Waals surface area contributed by atoms with E-state index in [1.807, 2.05) is 4.90 Å². The molecule has 7 nitrogen and oxygen atoms in total. The van der Waals surface area contributed by atoms with Gasteiger partial charge in [0, 0.05) is 45.7 Å². The Morgan fingerprint density at radius 2 is 2.14 bits per heavy atom. The Morgan fingerprint density at radius 3 is 2.73 bits per heavy atom. The predicted molar refractivity (Wildman–Crippen MR) is 82.7 cm³/mol. The lowest BCUT2D eigenvalue weighted by atomic mass is 10.2. The highest BCUT2D eigenvalue weighted by Crippen LogP contribution is 2.32. The normalized spacial score (nSPS) is 19.9. The molecular weight excluding hydrogens is 282 g/mol. The number of rotatable bonds is 5. The summed E-state index contributed by atoms with van der Waals surface area (Å²) in [5.74, 6) is 1.46. The van der Waals surface area contributed by atoms with Crippen molar-refractivity contribution in [3.8, 4) is 0 Å². The Morgan fingerprint density at radius 1 is 1.36 bits per heavy atom. The highest BCUT2D eigenvalue weighted by Gasteiger charge is 2.33. The number of nitrogens with zero attached hydrogens (tertiary/aromatic N) is 4. The van der Waals surface area contributed by atoms with Gasteiger partial charge in [0.2, 0.25) is 0 Å². The molecule has 1 aromatic heterocycles. The maximum absolute atomic E-state index is 12.4. The number of aromatic nitrogens is 2. The lowest BCUT2D eigenvalue weighted by molar-refractivity contribution is 0.146. The number of amides is 2. The quantitative estimate of drug-likeness (QED) is 0.868. The van der Waals surface area contributed by atoms with Crippen LogP contribution in [0.2, 0.25) is 0 Å². The van der Waals surface area contributed by atoms with Crippen LogP contribution in [-0.4, -0.2) is 66.8 Å². The van der Waals surface area contributed by atoms with E-state index in [2.05, 4.69) is 20.2 Å². The van der Waals surface area contributed by atoms with Gasteiger partial charge in [0.15, 0.2) is 0 Å². The molecule has 2 fully saturated rings. The molecule has 3 rings (SSSR count). The molecule has 7 heteroatoms. The SMILES string of the molecule is COCC(NC(=O)N1CCN(c2cnccn2)CC1)C1CC1. The number of carbonyl (C=O) groups excluding carboxylic acids is 1. The molecule has 1 saturated heterocycles. The van der Waals surface area contributed by atoms with E-state index in [-0.39, 0.29) is 12.1 Å². The largest absolute Gasteiger partial charge is 0.383 e. The molecule has 2 heterocycles. The van der Waals surface area contributed by atoms with Gasteiger partial charge < -0.3 is 19.9 Å². The van der Waals surface area contributed by atoms with Gasteiger partial charge in [0.1, 0.15) is 5.82 Å². The molecule has 1 aromatic rings. The number of carbonyl (C=O) groups is 1. The molecule has 1 aliphatic heterocycles. The Hall–Kier alpha value is -1.89. The van der Waals surface area contributed by atoms with E-state index in [9.17, 15) is 4.79 Å². The van der Waals surface area contributed by atoms with Gasteiger partial charge >= 0.3 is 6.03 Å². The van der Waals surface area contributed by atoms with Crippen LogP contribution in [0.1, 0.15) is 12.8 Å². The van der Waals surface area contributed by atoms with Crippen molar-refractivity contribution in [1.82, 2.24) is 20.2 Å². The zero-order valence-corrected chi connectivity index (χ0v) is 12.9. The second kappa shape index (κ2) is 6.91. The molecule has 1 unspecified atom stereocenters. The Bertz CT molecular complexity index is 486. The number of urea groups is 1. The third kappa shape index (κ3) is 3.65. The Balaban J connectivity index is 1.49. The van der Waals surface area contributed by atoms with Gasteiger partial charge in [-0.3, -0.25) is 4.98 Å². The minimum Gasteiger partial charge on any atom is -0.383 e. The maximum atomic E-state index is 12.4. The lowest BCUT2D eigenvalue weighted by Crippen LogP contribution is -2.54. The third-order valence-electron chi connectivity index (χ3n) is 4.29. The van der Waals surface area contributed by atoms with Crippen molar-refractivity contribution < 1.29 is 9.53 Å². The summed E-state index contributed by atoms with van der Waals surface area (Å²) in [6.07, 6.45) is 7.50. The first-order valence-electron chi connectivity index (χ1n) is 7.83. The van der Waals surface area contributed by atoms with E-state index in [0.29, 0.717) is 25.6 Å². The van der Waals surface area contributed by atoms with E-state index < -0.39 is 0 Å². The fourth-order valence-electron chi connectivity index (χ4n) is 2.82. The summed E-state index contributed by atoms with van der Waals surface area (Å²) in [5.41, 5.74) is 0. The van der Waals surface area contributed by atoms with Crippen molar-refractivity contribution in [3.05, 3.63) is 18.6 Å². The van der Waals surface area contributed by atoms with E-state index in [1.165, 1.54) is 12.8 Å². The number of piperazine rings is 1. The van der Waals surface area contributed by atoms with Gasteiger partial charge in [-0.25, -0.2) is 9.78 Å². The third-order valence-corrected chi connectivity index (χ3v) is 4.29. The molecular formula is C15H23N5O2. The van der Waals surface area contributed by atoms with Crippen LogP contribution in [0.25, 0.3) is 0 Å². The minimum absolute atomic E-state index is 0.0211. The van der Waals surface area contributed by atoms with Gasteiger partial charge in [-0.15, -0.1) is 0 Å². The van der Waals surface area contributed by atoms with E-state index in [4.69, 9.17) is 4.74 Å². The second-order valence-corrected chi connectivity index (χ2v) is 5.89. The molecule has 0 aromatic carbocycles. The summed E-state index contributed by atoms with van der Waals surface area (Å²) >= 11 is 0. The molecule has 1 N–H and O–H groups in total. The number of nitrogens with one attached hydrogen (secondary N) is 1. The number of hydrogen-bond acceptors (Lipinski definition) is 5. The molecule has 1 aliphatic carbocycles. The second-order valence-electron chi connectivity index (χ2n) is 5.89. The molecule has 0 radical (unpaired) electrons. The average Bonchev–Trinajstić information content (AvgIpc) is 3.40. The summed E-state index contributed by atoms with van der Waals surface area (Å²) in [7, 11) is 1.68. The van der Waals surface area contributed by atoms with Crippen LogP contribution >= 0.6 is 0 Å². The smallest absolute Gasteiger partial charge is 0.317 e. The van der Waals surface area contributed by atoms with Crippen LogP contribution in [0.4, 0.5) is 10.6 Å². The van der Waals surface area contributed by atoms with Crippen LogP contribution in [0.5, 0.6) is 0 Å². The maximum Gasteiger partial charge on any atom is 0.317 e. The Kier molecular flexibility index (Phi) is 4.72. The van der Waals surface area contributed by atoms with Crippen molar-refractivity contribution in [2.24, 2.45) is 5.92 Å². The molecule has 1 saturated carbocycles. The lowest BCUT2D eigenvalue weighted by Gasteiger charge is -2.36. The molecule has 0 bridgehead atoms. The zero-order chi connectivity index (χ0) is 15.4. The fourth-order valence-corrected chi connectivity index (χ4v) is 2.82. The standard InChI is InChI=1S/C15H23N5O2/c1-22-11-13(12-2-3-12)18-15(21)20-8-6-19(7-9-20)14-10-16-4-5-17-14/h4-5,10,12-13H,2-3,6-9,11H2,1H3,(H,18,21). The highest BCUT2D eigenvalue weighted by molar-refractivity contribution is 5.75. The van der Waals surface area contributed by atoms with Crippen LogP contribution in [0, 0.1) is 5.92 Å². The number of anilines is 1. The highest BCUT2D eigenvalue weighted by atomic mass is 16.5. The van der Waals surface area contributed by atoms with Crippen molar-refractivity contribution in [3.63, 3.8) is 0 Å². The molecule has 120 valence electrons. The summed E-state index contributed by atoms with van der Waals surface area (Å²) in [6, 6.07) is 0.170. The van der Waals surface area contributed by atoms with Gasteiger partial charge in [-0.05, 0) is 18.8 Å². The van der Waals surface area contributed by atoms with Gasteiger partial charge in [-0.1, -0.05) is 0 Å². The van der Waals surface area contributed by atoms with Crippen LogP contribution in [0.3, 0.4) is 0 Å². The topological polar surface area (TPSA) is 70.6 Å². The van der Waals surface area contributed by atoms with Crippen molar-refractivity contribution >= 4 is 11.8 Å². The average molecular weight is 305 g/mol. The first-order chi connectivity index (χ1) is 10.8. The predicted octanol–water partition coefficient (Wildman–Crippen LogP) is 0.733. The number of methoxy groups -OCH3 is 1. The number of hydrogen-bond donors (Lipinski definition) is 1. The van der Waals surface area contributed by atoms with Gasteiger partial charge in [0.25, 0.3) is 0 Å². The van der Waals surface area contributed by atoms with Crippen LogP contribution in [-0.2, 0) is 4.74 Å². The van der Waals surface area contributed by atoms with E-state index in [0.717, 1.165) is 18.9 Å². The van der Waals surface area contributed by atoms with Crippen molar-refractivity contribution in [2.75, 3.05) is 44.8 Å². The van der Waals surface area contributed by atoms with Crippen molar-refractivity contribution in [2.45, 2.75) is 18.9 Å². The molecule has 0 spiro atoms. The van der Waals surface area contributed by atoms with E-state index in [1.54, 1.807) is 25.7 Å². The van der Waals surface area contributed by atoms with Crippen LogP contribution < -0.4 is 10.2 Å². The first kappa shape index (κ1) is 15.0. The summed E-state index contributed by atoms with van der Waals surface area (Å²) < 4.78 is 5.21. The van der Waals surface area contributed by atoms with Gasteiger partial charge in [0.05, 0.1) is 18.8 Å². The number of ether oxygens (including phenoxy) is 1. The fraction of sp³-hybridized carbons (Fsp3) is 0.667. The molecule has 1 atom stereocenters. The van der Waals surface area contributed by atoms with Crippen molar-refractivity contribution in [1.29, 1.82) is 0 Å². The summed E-state index contributed by atoms with van der Waals surface area (Å²) in [4.78, 5) is 24.8. The summed E-state index contributed by atoms with van der Waals surface area (Å²) in [5, 5.41) is 3.12. The van der Waals surface area contributed by atoms with Crippen LogP contribution in [0.15, 0.2) is 18.6 Å². The minimum atomic E-state index is 0.0211. The molecule has 2 amide bonds. The monoisotopic (exact) mass is 305 g/mol. The molecule has 22 heavy (non-hydrogen) atoms. The first-order valence-corrected chi connectivity index (χ1v) is 7.83. The summed E-state index contributed by atoms with van der Waals surface area (Å²) in [6.45, 7) is 3.56.